The highest BCUT2D eigenvalue weighted by Crippen LogP contribution is 2.14. The van der Waals surface area contributed by atoms with Crippen LogP contribution in [0.15, 0.2) is 0 Å². The number of rotatable bonds is 3. The highest BCUT2D eigenvalue weighted by molar-refractivity contribution is 9.09. The average molecular weight is 249 g/mol. The largest absolute Gasteiger partial charge is 0.471 e. The molecule has 0 heterocycles. The van der Waals surface area contributed by atoms with Crippen molar-refractivity contribution < 1.29 is 18.0 Å². The molecule has 72 valence electrons. The zero-order valence-corrected chi connectivity index (χ0v) is 7.79. The van der Waals surface area contributed by atoms with Gasteiger partial charge in [0.2, 0.25) is 0 Å². The first kappa shape index (κ1) is 11.7. The van der Waals surface area contributed by atoms with Crippen LogP contribution in [0.1, 0.15) is 6.92 Å². The van der Waals surface area contributed by atoms with Crippen molar-refractivity contribution in [3.05, 3.63) is 0 Å². The monoisotopic (exact) mass is 248 g/mol. The van der Waals surface area contributed by atoms with Crippen molar-refractivity contribution in [2.75, 3.05) is 5.45 Å². The number of carbonyl (C=O) groups is 1. The summed E-state index contributed by atoms with van der Waals surface area (Å²) in [5, 5.41) is 4.25. The molecule has 2 N–H and O–H groups in total. The Hall–Kier alpha value is -0.300. The van der Waals surface area contributed by atoms with Crippen molar-refractivity contribution in [3.8, 4) is 0 Å². The Morgan fingerprint density at radius 3 is 2.42 bits per heavy atom. The van der Waals surface area contributed by atoms with Crippen LogP contribution in [-0.2, 0) is 4.79 Å². The maximum absolute atomic E-state index is 11.6. The van der Waals surface area contributed by atoms with Crippen molar-refractivity contribution in [3.63, 3.8) is 0 Å². The first-order valence-electron chi connectivity index (χ1n) is 3.05. The van der Waals surface area contributed by atoms with Crippen LogP contribution in [0, 0.1) is 0 Å². The lowest BCUT2D eigenvalue weighted by Gasteiger charge is -2.14. The summed E-state index contributed by atoms with van der Waals surface area (Å²) in [5.41, 5.74) is 0.312. The van der Waals surface area contributed by atoms with E-state index >= 15 is 0 Å². The van der Waals surface area contributed by atoms with Gasteiger partial charge in [0.05, 0.1) is 11.6 Å². The SMILES string of the molecule is CC(NCBr)NC(=O)C(F)(F)F. The maximum Gasteiger partial charge on any atom is 0.471 e. The summed E-state index contributed by atoms with van der Waals surface area (Å²) >= 11 is 2.95. The Morgan fingerprint density at radius 1 is 1.58 bits per heavy atom. The molecule has 0 saturated carbocycles. The third-order valence-electron chi connectivity index (χ3n) is 0.988. The summed E-state index contributed by atoms with van der Waals surface area (Å²) in [6.07, 6.45) is -5.53. The molecule has 0 bridgehead atoms. The van der Waals surface area contributed by atoms with Crippen molar-refractivity contribution >= 4 is 21.8 Å². The Kier molecular flexibility index (Phi) is 4.54. The van der Waals surface area contributed by atoms with Gasteiger partial charge in [-0.3, -0.25) is 10.1 Å². The zero-order valence-electron chi connectivity index (χ0n) is 6.20. The van der Waals surface area contributed by atoms with Crippen LogP contribution < -0.4 is 10.6 Å². The molecule has 1 amide bonds. The van der Waals surface area contributed by atoms with Crippen LogP contribution in [0.25, 0.3) is 0 Å². The fraction of sp³-hybridized carbons (Fsp3) is 0.800. The predicted octanol–water partition coefficient (Wildman–Crippen LogP) is 0.953. The Labute approximate surface area is 75.8 Å². The molecule has 0 aliphatic carbocycles. The van der Waals surface area contributed by atoms with Gasteiger partial charge < -0.3 is 5.32 Å². The zero-order chi connectivity index (χ0) is 9.78. The normalized spacial score (nSPS) is 14.1. The van der Waals surface area contributed by atoms with Gasteiger partial charge in [-0.15, -0.1) is 0 Å². The van der Waals surface area contributed by atoms with E-state index in [1.54, 1.807) is 5.32 Å². The summed E-state index contributed by atoms with van der Waals surface area (Å²) in [6, 6.07) is 0. The van der Waals surface area contributed by atoms with E-state index in [-0.39, 0.29) is 0 Å². The number of carbonyl (C=O) groups excluding carboxylic acids is 1. The lowest BCUT2D eigenvalue weighted by atomic mass is 10.5. The molecular weight excluding hydrogens is 241 g/mol. The van der Waals surface area contributed by atoms with E-state index in [1.165, 1.54) is 6.92 Å². The van der Waals surface area contributed by atoms with Gasteiger partial charge in [-0.05, 0) is 6.92 Å². The van der Waals surface area contributed by atoms with E-state index in [0.29, 0.717) is 5.45 Å². The third-order valence-corrected chi connectivity index (χ3v) is 1.31. The molecule has 0 fully saturated rings. The lowest BCUT2D eigenvalue weighted by Crippen LogP contribution is -2.47. The average Bonchev–Trinajstić information content (AvgIpc) is 1.85. The predicted molar refractivity (Wildman–Crippen MR) is 40.6 cm³/mol. The molecule has 0 rings (SSSR count). The molecule has 12 heavy (non-hydrogen) atoms. The van der Waals surface area contributed by atoms with Gasteiger partial charge in [0.25, 0.3) is 0 Å². The number of alkyl halides is 4. The fourth-order valence-corrected chi connectivity index (χ4v) is 0.931. The Morgan fingerprint density at radius 2 is 2.08 bits per heavy atom. The summed E-state index contributed by atoms with van der Waals surface area (Å²) in [4.78, 5) is 10.3. The van der Waals surface area contributed by atoms with E-state index in [1.807, 2.05) is 0 Å². The van der Waals surface area contributed by atoms with Crippen molar-refractivity contribution in [2.45, 2.75) is 19.3 Å². The van der Waals surface area contributed by atoms with Crippen LogP contribution in [0.3, 0.4) is 0 Å². The van der Waals surface area contributed by atoms with Crippen LogP contribution >= 0.6 is 15.9 Å². The first-order chi connectivity index (χ1) is 5.38. The second kappa shape index (κ2) is 4.66. The second-order valence-electron chi connectivity index (χ2n) is 2.03. The van der Waals surface area contributed by atoms with E-state index in [9.17, 15) is 18.0 Å². The van der Waals surface area contributed by atoms with Gasteiger partial charge in [-0.2, -0.15) is 13.2 Å². The molecule has 0 aromatic rings. The molecule has 0 aromatic heterocycles. The van der Waals surface area contributed by atoms with Crippen LogP contribution in [-0.4, -0.2) is 23.7 Å². The van der Waals surface area contributed by atoms with E-state index < -0.39 is 18.2 Å². The van der Waals surface area contributed by atoms with Crippen molar-refractivity contribution in [1.82, 2.24) is 10.6 Å². The van der Waals surface area contributed by atoms with Crippen molar-refractivity contribution in [2.24, 2.45) is 0 Å². The summed E-state index contributed by atoms with van der Waals surface area (Å²) in [7, 11) is 0. The second-order valence-corrected chi connectivity index (χ2v) is 2.59. The number of halogens is 4. The van der Waals surface area contributed by atoms with Gasteiger partial charge in [0.15, 0.2) is 0 Å². The summed E-state index contributed by atoms with van der Waals surface area (Å²) in [6.45, 7) is 1.41. The lowest BCUT2D eigenvalue weighted by molar-refractivity contribution is -0.174. The third kappa shape index (κ3) is 4.55. The van der Waals surface area contributed by atoms with Gasteiger partial charge in [0, 0.05) is 0 Å². The molecule has 0 aromatic carbocycles. The number of amides is 1. The number of hydrogen-bond acceptors (Lipinski definition) is 2. The number of hydrogen-bond donors (Lipinski definition) is 2. The van der Waals surface area contributed by atoms with Crippen LogP contribution in [0.4, 0.5) is 13.2 Å². The van der Waals surface area contributed by atoms with E-state index in [2.05, 4.69) is 21.2 Å². The molecular formula is C5H8BrF3N2O. The summed E-state index contributed by atoms with van der Waals surface area (Å²) in [5.74, 6) is -1.94. The van der Waals surface area contributed by atoms with Crippen LogP contribution in [0.2, 0.25) is 0 Å². The first-order valence-corrected chi connectivity index (χ1v) is 4.17. The highest BCUT2D eigenvalue weighted by Gasteiger charge is 2.39. The fourth-order valence-electron chi connectivity index (χ4n) is 0.445. The molecule has 1 unspecified atom stereocenters. The minimum atomic E-state index is -4.82. The minimum absolute atomic E-state index is 0.312. The van der Waals surface area contributed by atoms with Gasteiger partial charge in [-0.1, -0.05) is 15.9 Å². The molecule has 0 spiro atoms. The summed E-state index contributed by atoms with van der Waals surface area (Å²) < 4.78 is 34.8. The van der Waals surface area contributed by atoms with Gasteiger partial charge in [-0.25, -0.2) is 0 Å². The van der Waals surface area contributed by atoms with Crippen molar-refractivity contribution in [1.29, 1.82) is 0 Å². The maximum atomic E-state index is 11.6. The minimum Gasteiger partial charge on any atom is -0.333 e. The molecule has 0 aliphatic heterocycles. The van der Waals surface area contributed by atoms with E-state index in [4.69, 9.17) is 0 Å². The molecule has 0 saturated heterocycles. The standard InChI is InChI=1S/C5H8BrF3N2O/c1-3(10-2-6)11-4(12)5(7,8)9/h3,10H,2H2,1H3,(H,11,12). The Bertz CT molecular complexity index is 161. The topological polar surface area (TPSA) is 41.1 Å². The smallest absolute Gasteiger partial charge is 0.333 e. The van der Waals surface area contributed by atoms with Gasteiger partial charge >= 0.3 is 12.1 Å². The van der Waals surface area contributed by atoms with E-state index in [0.717, 1.165) is 0 Å². The molecule has 1 atom stereocenters. The van der Waals surface area contributed by atoms with Gasteiger partial charge in [0.1, 0.15) is 0 Å². The molecule has 3 nitrogen and oxygen atoms in total. The highest BCUT2D eigenvalue weighted by atomic mass is 79.9. The Balaban J connectivity index is 3.85. The molecule has 0 aliphatic rings. The van der Waals surface area contributed by atoms with Crippen LogP contribution in [0.5, 0.6) is 0 Å². The molecule has 0 radical (unpaired) electrons. The number of nitrogens with one attached hydrogen (secondary N) is 2. The quantitative estimate of drug-likeness (QED) is 0.444. The molecule has 7 heteroatoms.